The van der Waals surface area contributed by atoms with Crippen LogP contribution in [-0.4, -0.2) is 12.1 Å². The molecule has 0 aliphatic heterocycles. The lowest BCUT2D eigenvalue weighted by molar-refractivity contribution is 0.392. The molecule has 1 atom stereocenters. The Morgan fingerprint density at radius 3 is 2.67 bits per heavy atom. The molecule has 0 radical (unpaired) electrons. The maximum Gasteiger partial charge on any atom is 0.216 e. The molecule has 2 N–H and O–H groups in total. The van der Waals surface area contributed by atoms with Crippen molar-refractivity contribution in [2.24, 2.45) is 5.73 Å². The summed E-state index contributed by atoms with van der Waals surface area (Å²) in [5.74, 6) is 0.657. The second kappa shape index (κ2) is 3.54. The lowest BCUT2D eigenvalue weighted by Gasteiger charge is -2.08. The first-order chi connectivity index (χ1) is 5.65. The molecule has 0 spiro atoms. The number of hydrogen-bond donors (Lipinski definition) is 1. The predicted molar refractivity (Wildman–Crippen MR) is 48.1 cm³/mol. The van der Waals surface area contributed by atoms with Crippen molar-refractivity contribution in [2.45, 2.75) is 19.9 Å². The van der Waals surface area contributed by atoms with Crippen molar-refractivity contribution < 1.29 is 4.74 Å². The summed E-state index contributed by atoms with van der Waals surface area (Å²) in [5.41, 5.74) is 7.56. The summed E-state index contributed by atoms with van der Waals surface area (Å²) in [6.07, 6.45) is 0. The average Bonchev–Trinajstić information content (AvgIpc) is 2.05. The van der Waals surface area contributed by atoms with Crippen LogP contribution >= 0.6 is 0 Å². The van der Waals surface area contributed by atoms with Crippen LogP contribution in [0.5, 0.6) is 5.88 Å². The van der Waals surface area contributed by atoms with Crippen LogP contribution in [0, 0.1) is 6.92 Å². The molecule has 66 valence electrons. The summed E-state index contributed by atoms with van der Waals surface area (Å²) < 4.78 is 5.07. The van der Waals surface area contributed by atoms with E-state index >= 15 is 0 Å². The number of nitrogens with zero attached hydrogens (tertiary/aromatic N) is 1. The molecular weight excluding hydrogens is 152 g/mol. The van der Waals surface area contributed by atoms with Crippen molar-refractivity contribution in [3.8, 4) is 5.88 Å². The second-order valence-corrected chi connectivity index (χ2v) is 2.85. The normalized spacial score (nSPS) is 12.7. The highest BCUT2D eigenvalue weighted by Crippen LogP contribution is 2.16. The van der Waals surface area contributed by atoms with Crippen LogP contribution < -0.4 is 10.5 Å². The summed E-state index contributed by atoms with van der Waals surface area (Å²) in [7, 11) is 1.61. The smallest absolute Gasteiger partial charge is 0.216 e. The molecule has 0 bridgehead atoms. The molecule has 3 heteroatoms. The maximum atomic E-state index is 5.67. The minimum Gasteiger partial charge on any atom is -0.481 e. The zero-order valence-corrected chi connectivity index (χ0v) is 7.66. The number of rotatable bonds is 2. The van der Waals surface area contributed by atoms with Gasteiger partial charge in [0.15, 0.2) is 0 Å². The fraction of sp³-hybridized carbons (Fsp3) is 0.444. The zero-order chi connectivity index (χ0) is 9.14. The standard InChI is InChI=1S/C9H14N2O/c1-6-4-5-8(7(2)10)11-9(6)12-3/h4-5,7H,10H2,1-3H3. The number of pyridine rings is 1. The second-order valence-electron chi connectivity index (χ2n) is 2.85. The highest BCUT2D eigenvalue weighted by molar-refractivity contribution is 5.27. The number of aromatic nitrogens is 1. The Hall–Kier alpha value is -1.09. The molecule has 0 aliphatic carbocycles. The summed E-state index contributed by atoms with van der Waals surface area (Å²) >= 11 is 0. The van der Waals surface area contributed by atoms with E-state index in [1.807, 2.05) is 26.0 Å². The highest BCUT2D eigenvalue weighted by Gasteiger charge is 2.04. The molecule has 1 aromatic heterocycles. The molecule has 12 heavy (non-hydrogen) atoms. The summed E-state index contributed by atoms with van der Waals surface area (Å²) in [6.45, 7) is 3.86. The van der Waals surface area contributed by atoms with Gasteiger partial charge in [-0.25, -0.2) is 4.98 Å². The maximum absolute atomic E-state index is 5.67. The first-order valence-corrected chi connectivity index (χ1v) is 3.92. The van der Waals surface area contributed by atoms with Crippen LogP contribution in [0.15, 0.2) is 12.1 Å². The third-order valence-corrected chi connectivity index (χ3v) is 1.73. The van der Waals surface area contributed by atoms with Gasteiger partial charge in [-0.15, -0.1) is 0 Å². The minimum atomic E-state index is -0.0421. The van der Waals surface area contributed by atoms with Crippen molar-refractivity contribution in [2.75, 3.05) is 7.11 Å². The summed E-state index contributed by atoms with van der Waals surface area (Å²) in [6, 6.07) is 3.84. The first kappa shape index (κ1) is 9.00. The van der Waals surface area contributed by atoms with Gasteiger partial charge in [0.25, 0.3) is 0 Å². The van der Waals surface area contributed by atoms with Crippen molar-refractivity contribution in [1.82, 2.24) is 4.98 Å². The fourth-order valence-corrected chi connectivity index (χ4v) is 0.985. The largest absolute Gasteiger partial charge is 0.481 e. The molecule has 0 saturated heterocycles. The predicted octanol–water partition coefficient (Wildman–Crippen LogP) is 1.42. The van der Waals surface area contributed by atoms with E-state index in [0.29, 0.717) is 5.88 Å². The van der Waals surface area contributed by atoms with Crippen LogP contribution in [0.25, 0.3) is 0 Å². The molecule has 0 aromatic carbocycles. The Bertz CT molecular complexity index is 271. The van der Waals surface area contributed by atoms with Gasteiger partial charge in [0.1, 0.15) is 0 Å². The van der Waals surface area contributed by atoms with E-state index in [1.165, 1.54) is 0 Å². The van der Waals surface area contributed by atoms with Gasteiger partial charge in [-0.05, 0) is 19.9 Å². The van der Waals surface area contributed by atoms with E-state index in [9.17, 15) is 0 Å². The molecule has 0 aliphatic rings. The molecule has 0 amide bonds. The van der Waals surface area contributed by atoms with Gasteiger partial charge < -0.3 is 10.5 Å². The van der Waals surface area contributed by atoms with Gasteiger partial charge in [-0.1, -0.05) is 6.07 Å². The van der Waals surface area contributed by atoms with E-state index in [2.05, 4.69) is 4.98 Å². The topological polar surface area (TPSA) is 48.1 Å². The van der Waals surface area contributed by atoms with Gasteiger partial charge in [-0.3, -0.25) is 0 Å². The zero-order valence-electron chi connectivity index (χ0n) is 7.66. The SMILES string of the molecule is COc1nc(C(C)N)ccc1C. The lowest BCUT2D eigenvalue weighted by atomic mass is 10.2. The van der Waals surface area contributed by atoms with Gasteiger partial charge in [0.05, 0.1) is 12.8 Å². The van der Waals surface area contributed by atoms with Gasteiger partial charge in [0.2, 0.25) is 5.88 Å². The van der Waals surface area contributed by atoms with E-state index in [-0.39, 0.29) is 6.04 Å². The quantitative estimate of drug-likeness (QED) is 0.722. The first-order valence-electron chi connectivity index (χ1n) is 3.92. The van der Waals surface area contributed by atoms with E-state index in [4.69, 9.17) is 10.5 Å². The summed E-state index contributed by atoms with van der Waals surface area (Å²) in [4.78, 5) is 4.24. The van der Waals surface area contributed by atoms with Crippen LogP contribution in [0.2, 0.25) is 0 Å². The molecule has 1 unspecified atom stereocenters. The molecule has 3 nitrogen and oxygen atoms in total. The Balaban J connectivity index is 3.05. The molecule has 1 rings (SSSR count). The number of methoxy groups -OCH3 is 1. The van der Waals surface area contributed by atoms with Crippen LogP contribution in [0.1, 0.15) is 24.2 Å². The molecule has 1 aromatic rings. The number of hydrogen-bond acceptors (Lipinski definition) is 3. The van der Waals surface area contributed by atoms with Crippen molar-refractivity contribution in [3.63, 3.8) is 0 Å². The number of aryl methyl sites for hydroxylation is 1. The molecule has 0 fully saturated rings. The van der Waals surface area contributed by atoms with E-state index in [1.54, 1.807) is 7.11 Å². The Labute approximate surface area is 72.6 Å². The van der Waals surface area contributed by atoms with Crippen molar-refractivity contribution >= 4 is 0 Å². The Morgan fingerprint density at radius 2 is 2.17 bits per heavy atom. The molecule has 0 saturated carbocycles. The number of ether oxygens (including phenoxy) is 1. The third kappa shape index (κ3) is 1.74. The fourth-order valence-electron chi connectivity index (χ4n) is 0.985. The highest BCUT2D eigenvalue weighted by atomic mass is 16.5. The van der Waals surface area contributed by atoms with Crippen LogP contribution in [-0.2, 0) is 0 Å². The monoisotopic (exact) mass is 166 g/mol. The minimum absolute atomic E-state index is 0.0421. The van der Waals surface area contributed by atoms with Crippen LogP contribution in [0.4, 0.5) is 0 Å². The van der Waals surface area contributed by atoms with E-state index < -0.39 is 0 Å². The van der Waals surface area contributed by atoms with Gasteiger partial charge in [-0.2, -0.15) is 0 Å². The van der Waals surface area contributed by atoms with Crippen LogP contribution in [0.3, 0.4) is 0 Å². The Kier molecular flexibility index (Phi) is 2.65. The van der Waals surface area contributed by atoms with Gasteiger partial charge in [0, 0.05) is 11.6 Å². The van der Waals surface area contributed by atoms with E-state index in [0.717, 1.165) is 11.3 Å². The lowest BCUT2D eigenvalue weighted by Crippen LogP contribution is -2.08. The van der Waals surface area contributed by atoms with Crippen molar-refractivity contribution in [1.29, 1.82) is 0 Å². The van der Waals surface area contributed by atoms with Crippen molar-refractivity contribution in [3.05, 3.63) is 23.4 Å². The third-order valence-electron chi connectivity index (χ3n) is 1.73. The Morgan fingerprint density at radius 1 is 1.50 bits per heavy atom. The molecular formula is C9H14N2O. The van der Waals surface area contributed by atoms with Gasteiger partial charge >= 0.3 is 0 Å². The molecule has 1 heterocycles. The summed E-state index contributed by atoms with van der Waals surface area (Å²) in [5, 5.41) is 0. The number of nitrogens with two attached hydrogens (primary N) is 1. The average molecular weight is 166 g/mol.